The zero-order valence-electron chi connectivity index (χ0n) is 15.2. The predicted molar refractivity (Wildman–Crippen MR) is 117 cm³/mol. The van der Waals surface area contributed by atoms with Crippen molar-refractivity contribution in [1.82, 2.24) is 9.78 Å². The van der Waals surface area contributed by atoms with E-state index in [1.807, 2.05) is 78.9 Å². The van der Waals surface area contributed by atoms with Gasteiger partial charge in [-0.15, -0.1) is 0 Å². The van der Waals surface area contributed by atoms with Crippen LogP contribution in [0.15, 0.2) is 82.2 Å². The summed E-state index contributed by atoms with van der Waals surface area (Å²) >= 11 is 3.40. The molecule has 3 aromatic carbocycles. The number of benzene rings is 3. The van der Waals surface area contributed by atoms with Crippen molar-refractivity contribution in [2.24, 2.45) is 0 Å². The highest BCUT2D eigenvalue weighted by Crippen LogP contribution is 2.18. The lowest BCUT2D eigenvalue weighted by Crippen LogP contribution is -2.20. The maximum absolute atomic E-state index is 12.8. The van der Waals surface area contributed by atoms with E-state index in [1.165, 1.54) is 4.68 Å². The maximum Gasteiger partial charge on any atom is 0.279 e. The highest BCUT2D eigenvalue weighted by molar-refractivity contribution is 9.10. The first-order valence-corrected chi connectivity index (χ1v) is 9.53. The SMILES string of the molecule is COc1ccc(C=Cc2ccc3c(=O)n(-c4ccc(Br)cc4)ncc3c2)cc1. The molecule has 28 heavy (non-hydrogen) atoms. The lowest BCUT2D eigenvalue weighted by atomic mass is 10.1. The summed E-state index contributed by atoms with van der Waals surface area (Å²) in [6, 6.07) is 21.1. The molecule has 0 N–H and O–H groups in total. The molecule has 4 aromatic rings. The summed E-state index contributed by atoms with van der Waals surface area (Å²) in [5, 5.41) is 5.79. The van der Waals surface area contributed by atoms with Gasteiger partial charge in [-0.05, 0) is 59.7 Å². The molecule has 0 spiro atoms. The third-order valence-electron chi connectivity index (χ3n) is 4.47. The first-order valence-electron chi connectivity index (χ1n) is 8.74. The standard InChI is InChI=1S/C23H17BrN2O2/c1-28-21-11-4-16(5-12-21)2-3-17-6-13-22-18(14-17)15-25-26(23(22)27)20-9-7-19(24)8-10-20/h2-15H,1H3. The number of aromatic nitrogens is 2. The fourth-order valence-electron chi connectivity index (χ4n) is 2.95. The monoisotopic (exact) mass is 432 g/mol. The van der Waals surface area contributed by atoms with Crippen LogP contribution in [0.1, 0.15) is 11.1 Å². The molecule has 4 rings (SSSR count). The van der Waals surface area contributed by atoms with Crippen LogP contribution in [0.2, 0.25) is 0 Å². The van der Waals surface area contributed by atoms with Crippen molar-refractivity contribution in [2.75, 3.05) is 7.11 Å². The van der Waals surface area contributed by atoms with Crippen LogP contribution in [0.5, 0.6) is 5.75 Å². The highest BCUT2D eigenvalue weighted by atomic mass is 79.9. The van der Waals surface area contributed by atoms with Gasteiger partial charge in [0.2, 0.25) is 0 Å². The van der Waals surface area contributed by atoms with Crippen molar-refractivity contribution >= 4 is 38.9 Å². The smallest absolute Gasteiger partial charge is 0.279 e. The molecule has 0 aliphatic heterocycles. The Balaban J connectivity index is 1.66. The van der Waals surface area contributed by atoms with Gasteiger partial charge in [-0.25, -0.2) is 0 Å². The number of nitrogens with zero attached hydrogens (tertiary/aromatic N) is 2. The molecule has 0 saturated heterocycles. The average Bonchev–Trinajstić information content (AvgIpc) is 2.74. The van der Waals surface area contributed by atoms with Crippen molar-refractivity contribution in [1.29, 1.82) is 0 Å². The Morgan fingerprint density at radius 1 is 0.929 bits per heavy atom. The van der Waals surface area contributed by atoms with E-state index in [9.17, 15) is 4.79 Å². The van der Waals surface area contributed by atoms with Gasteiger partial charge in [0, 0.05) is 9.86 Å². The molecule has 0 aliphatic rings. The van der Waals surface area contributed by atoms with Crippen molar-refractivity contribution in [3.05, 3.63) is 98.9 Å². The number of hydrogen-bond donors (Lipinski definition) is 0. The Kier molecular flexibility index (Phi) is 5.08. The van der Waals surface area contributed by atoms with Gasteiger partial charge in [-0.3, -0.25) is 4.79 Å². The zero-order chi connectivity index (χ0) is 19.5. The van der Waals surface area contributed by atoms with Crippen molar-refractivity contribution in [3.8, 4) is 11.4 Å². The van der Waals surface area contributed by atoms with Crippen LogP contribution in [0.3, 0.4) is 0 Å². The number of methoxy groups -OCH3 is 1. The maximum atomic E-state index is 12.8. The van der Waals surface area contributed by atoms with Gasteiger partial charge in [-0.1, -0.05) is 46.3 Å². The van der Waals surface area contributed by atoms with Crippen LogP contribution in [-0.2, 0) is 0 Å². The summed E-state index contributed by atoms with van der Waals surface area (Å²) in [5.74, 6) is 0.830. The fourth-order valence-corrected chi connectivity index (χ4v) is 3.21. The molecule has 0 bridgehead atoms. The number of halogens is 1. The Labute approximate surface area is 170 Å². The Bertz CT molecular complexity index is 1210. The first kappa shape index (κ1) is 18.2. The lowest BCUT2D eigenvalue weighted by Gasteiger charge is -2.06. The Morgan fingerprint density at radius 2 is 1.61 bits per heavy atom. The number of fused-ring (bicyclic) bond motifs is 1. The molecule has 5 heteroatoms. The molecular formula is C23H17BrN2O2. The van der Waals surface area contributed by atoms with E-state index in [-0.39, 0.29) is 5.56 Å². The zero-order valence-corrected chi connectivity index (χ0v) is 16.8. The summed E-state index contributed by atoms with van der Waals surface area (Å²) in [4.78, 5) is 12.8. The third-order valence-corrected chi connectivity index (χ3v) is 4.99. The first-order chi connectivity index (χ1) is 13.6. The van der Waals surface area contributed by atoms with Gasteiger partial charge in [0.05, 0.1) is 24.4 Å². The fraction of sp³-hybridized carbons (Fsp3) is 0.0435. The minimum Gasteiger partial charge on any atom is -0.497 e. The van der Waals surface area contributed by atoms with Crippen molar-refractivity contribution < 1.29 is 4.74 Å². The topological polar surface area (TPSA) is 44.1 Å². The summed E-state index contributed by atoms with van der Waals surface area (Å²) < 4.78 is 7.55. The second-order valence-electron chi connectivity index (χ2n) is 6.29. The van der Waals surface area contributed by atoms with Crippen LogP contribution >= 0.6 is 15.9 Å². The Hall–Kier alpha value is -3.18. The summed E-state index contributed by atoms with van der Waals surface area (Å²) in [7, 11) is 1.65. The molecule has 0 atom stereocenters. The molecular weight excluding hydrogens is 416 g/mol. The second kappa shape index (κ2) is 7.82. The van der Waals surface area contributed by atoms with Gasteiger partial charge in [0.25, 0.3) is 5.56 Å². The van der Waals surface area contributed by atoms with E-state index in [1.54, 1.807) is 13.3 Å². The van der Waals surface area contributed by atoms with Crippen LogP contribution in [-0.4, -0.2) is 16.9 Å². The van der Waals surface area contributed by atoms with Crippen LogP contribution < -0.4 is 10.3 Å². The molecule has 0 saturated carbocycles. The molecule has 4 nitrogen and oxygen atoms in total. The lowest BCUT2D eigenvalue weighted by molar-refractivity contribution is 0.415. The normalized spacial score (nSPS) is 11.2. The minimum atomic E-state index is -0.134. The second-order valence-corrected chi connectivity index (χ2v) is 7.21. The van der Waals surface area contributed by atoms with E-state index in [4.69, 9.17) is 4.74 Å². The van der Waals surface area contributed by atoms with Gasteiger partial charge < -0.3 is 4.74 Å². The molecule has 0 aliphatic carbocycles. The van der Waals surface area contributed by atoms with E-state index >= 15 is 0 Å². The minimum absolute atomic E-state index is 0.134. The predicted octanol–water partition coefficient (Wildman–Crippen LogP) is 5.33. The molecule has 0 radical (unpaired) electrons. The molecule has 0 fully saturated rings. The molecule has 1 heterocycles. The van der Waals surface area contributed by atoms with Crippen molar-refractivity contribution in [2.45, 2.75) is 0 Å². The molecule has 1 aromatic heterocycles. The third kappa shape index (κ3) is 3.75. The number of rotatable bonds is 4. The quantitative estimate of drug-likeness (QED) is 0.409. The van der Waals surface area contributed by atoms with Crippen LogP contribution in [0, 0.1) is 0 Å². The average molecular weight is 433 g/mol. The Morgan fingerprint density at radius 3 is 2.32 bits per heavy atom. The van der Waals surface area contributed by atoms with Gasteiger partial charge >= 0.3 is 0 Å². The summed E-state index contributed by atoms with van der Waals surface area (Å²) in [6.45, 7) is 0. The molecule has 0 unspecified atom stereocenters. The van der Waals surface area contributed by atoms with E-state index in [0.717, 1.165) is 32.4 Å². The van der Waals surface area contributed by atoms with Crippen LogP contribution in [0.4, 0.5) is 0 Å². The summed E-state index contributed by atoms with van der Waals surface area (Å²) in [6.07, 6.45) is 5.77. The molecule has 138 valence electrons. The van der Waals surface area contributed by atoms with Crippen LogP contribution in [0.25, 0.3) is 28.6 Å². The van der Waals surface area contributed by atoms with Gasteiger partial charge in [0.15, 0.2) is 0 Å². The van der Waals surface area contributed by atoms with E-state index in [0.29, 0.717) is 5.39 Å². The van der Waals surface area contributed by atoms with Gasteiger partial charge in [-0.2, -0.15) is 9.78 Å². The largest absolute Gasteiger partial charge is 0.497 e. The highest BCUT2D eigenvalue weighted by Gasteiger charge is 2.06. The van der Waals surface area contributed by atoms with E-state index in [2.05, 4.69) is 21.0 Å². The molecule has 0 amide bonds. The summed E-state index contributed by atoms with van der Waals surface area (Å²) in [5.41, 5.74) is 2.68. The number of hydrogen-bond acceptors (Lipinski definition) is 3. The number of ether oxygens (including phenoxy) is 1. The van der Waals surface area contributed by atoms with Gasteiger partial charge in [0.1, 0.15) is 5.75 Å². The van der Waals surface area contributed by atoms with E-state index < -0.39 is 0 Å². The van der Waals surface area contributed by atoms with Crippen molar-refractivity contribution in [3.63, 3.8) is 0 Å².